The topological polar surface area (TPSA) is 12.0 Å². The van der Waals surface area contributed by atoms with E-state index >= 15 is 0 Å². The van der Waals surface area contributed by atoms with Crippen LogP contribution in [0, 0.1) is 5.92 Å². The van der Waals surface area contributed by atoms with E-state index in [9.17, 15) is 0 Å². The van der Waals surface area contributed by atoms with E-state index in [1.54, 1.807) is 0 Å². The maximum Gasteiger partial charge on any atom is 0.0379 e. The van der Waals surface area contributed by atoms with Gasteiger partial charge in [-0.05, 0) is 31.8 Å². The Kier molecular flexibility index (Phi) is 12.9. The lowest BCUT2D eigenvalue weighted by Gasteiger charge is -2.16. The Bertz CT molecular complexity index is 219. The van der Waals surface area contributed by atoms with Gasteiger partial charge >= 0.3 is 0 Å². The standard InChI is InChI=1S/C10H18NP.2C2H6/c1-4-5-9-7(2)6-8(3)10(9)11-12;2*1-2/h4-5,8,10-11H,6,12H2,1-3H3;2*1-2H3/b5-4-;;. The molecule has 0 heterocycles. The van der Waals surface area contributed by atoms with Crippen molar-refractivity contribution in [1.29, 1.82) is 0 Å². The summed E-state index contributed by atoms with van der Waals surface area (Å²) >= 11 is 0. The van der Waals surface area contributed by atoms with Crippen molar-refractivity contribution in [1.82, 2.24) is 5.09 Å². The van der Waals surface area contributed by atoms with Crippen LogP contribution in [-0.4, -0.2) is 6.04 Å². The van der Waals surface area contributed by atoms with E-state index in [2.05, 4.69) is 47.4 Å². The first kappa shape index (κ1) is 18.2. The maximum absolute atomic E-state index is 3.29. The summed E-state index contributed by atoms with van der Waals surface area (Å²) in [4.78, 5) is 0. The fourth-order valence-electron chi connectivity index (χ4n) is 1.97. The third kappa shape index (κ3) is 5.27. The fraction of sp³-hybridized carbons (Fsp3) is 0.714. The van der Waals surface area contributed by atoms with Gasteiger partial charge in [0.15, 0.2) is 0 Å². The Labute approximate surface area is 105 Å². The maximum atomic E-state index is 3.29. The molecule has 0 bridgehead atoms. The molecule has 2 heteroatoms. The van der Waals surface area contributed by atoms with E-state index in [1.165, 1.54) is 17.6 Å². The lowest BCUT2D eigenvalue weighted by molar-refractivity contribution is 0.522. The highest BCUT2D eigenvalue weighted by Crippen LogP contribution is 2.32. The molecular weight excluding hydrogens is 213 g/mol. The van der Waals surface area contributed by atoms with Crippen LogP contribution in [0.4, 0.5) is 0 Å². The van der Waals surface area contributed by atoms with E-state index in [-0.39, 0.29) is 0 Å². The molecule has 1 aliphatic rings. The summed E-state index contributed by atoms with van der Waals surface area (Å²) in [5.41, 5.74) is 3.00. The molecule has 0 saturated carbocycles. The first-order valence-corrected chi connectivity index (χ1v) is 7.07. The van der Waals surface area contributed by atoms with Gasteiger partial charge < -0.3 is 0 Å². The van der Waals surface area contributed by atoms with Gasteiger partial charge in [0.05, 0.1) is 0 Å². The second-order valence-electron chi connectivity index (χ2n) is 3.56. The summed E-state index contributed by atoms with van der Waals surface area (Å²) in [5, 5.41) is 3.29. The third-order valence-electron chi connectivity index (χ3n) is 2.55. The van der Waals surface area contributed by atoms with Gasteiger partial charge in [-0.1, -0.05) is 61.7 Å². The van der Waals surface area contributed by atoms with Gasteiger partial charge in [-0.3, -0.25) is 5.09 Å². The molecule has 0 amide bonds. The van der Waals surface area contributed by atoms with Gasteiger partial charge in [0.25, 0.3) is 0 Å². The highest BCUT2D eigenvalue weighted by molar-refractivity contribution is 7.13. The first-order chi connectivity index (χ1) is 7.70. The number of allylic oxidation sites excluding steroid dienone is 2. The van der Waals surface area contributed by atoms with E-state index in [1.807, 2.05) is 27.7 Å². The molecule has 3 unspecified atom stereocenters. The number of hydrogen-bond donors (Lipinski definition) is 1. The molecule has 0 saturated heterocycles. The summed E-state index contributed by atoms with van der Waals surface area (Å²) < 4.78 is 0. The Morgan fingerprint density at radius 1 is 1.25 bits per heavy atom. The average Bonchev–Trinajstić information content (AvgIpc) is 2.59. The van der Waals surface area contributed by atoms with Crippen molar-refractivity contribution < 1.29 is 0 Å². The van der Waals surface area contributed by atoms with Gasteiger partial charge in [0.1, 0.15) is 0 Å². The van der Waals surface area contributed by atoms with Crippen LogP contribution in [0.25, 0.3) is 0 Å². The zero-order chi connectivity index (χ0) is 13.1. The largest absolute Gasteiger partial charge is 0.293 e. The fourth-order valence-corrected chi connectivity index (χ4v) is 2.48. The molecule has 1 aliphatic carbocycles. The van der Waals surface area contributed by atoms with Gasteiger partial charge in [-0.2, -0.15) is 0 Å². The third-order valence-corrected chi connectivity index (χ3v) is 2.91. The van der Waals surface area contributed by atoms with Crippen LogP contribution in [0.3, 0.4) is 0 Å². The SMILES string of the molecule is C/C=C\C1=C(C)CC(C)C1NP.CC.CC. The van der Waals surface area contributed by atoms with Crippen LogP contribution in [0.1, 0.15) is 54.9 Å². The van der Waals surface area contributed by atoms with E-state index in [0.29, 0.717) is 6.04 Å². The first-order valence-electron chi connectivity index (χ1n) is 6.49. The Balaban J connectivity index is 0. The molecule has 16 heavy (non-hydrogen) atoms. The zero-order valence-electron chi connectivity index (χ0n) is 12.1. The molecular formula is C14H30NP. The number of rotatable bonds is 2. The highest BCUT2D eigenvalue weighted by Gasteiger charge is 2.26. The van der Waals surface area contributed by atoms with Crippen molar-refractivity contribution in [2.45, 2.75) is 60.9 Å². The molecule has 1 rings (SSSR count). The molecule has 1 N–H and O–H groups in total. The van der Waals surface area contributed by atoms with Crippen molar-refractivity contribution in [2.24, 2.45) is 5.92 Å². The molecule has 0 aromatic rings. The van der Waals surface area contributed by atoms with Gasteiger partial charge in [-0.25, -0.2) is 0 Å². The van der Waals surface area contributed by atoms with Crippen molar-refractivity contribution >= 4 is 9.39 Å². The molecule has 1 nitrogen and oxygen atoms in total. The lowest BCUT2D eigenvalue weighted by Crippen LogP contribution is -2.25. The predicted octanol–water partition coefficient (Wildman–Crippen LogP) is 4.72. The molecule has 0 aromatic carbocycles. The molecule has 0 spiro atoms. The summed E-state index contributed by atoms with van der Waals surface area (Å²) in [6, 6.07) is 0.534. The normalized spacial score (nSPS) is 23.8. The molecule has 0 fully saturated rings. The predicted molar refractivity (Wildman–Crippen MR) is 80.6 cm³/mol. The van der Waals surface area contributed by atoms with Crippen LogP contribution in [-0.2, 0) is 0 Å². The zero-order valence-corrected chi connectivity index (χ0v) is 13.2. The van der Waals surface area contributed by atoms with Crippen LogP contribution >= 0.6 is 9.39 Å². The second kappa shape index (κ2) is 11.4. The van der Waals surface area contributed by atoms with E-state index in [4.69, 9.17) is 0 Å². The summed E-state index contributed by atoms with van der Waals surface area (Å²) in [5.74, 6) is 0.730. The van der Waals surface area contributed by atoms with Gasteiger partial charge in [0.2, 0.25) is 0 Å². The Morgan fingerprint density at radius 3 is 2.12 bits per heavy atom. The summed E-state index contributed by atoms with van der Waals surface area (Å²) in [6.07, 6.45) is 5.57. The monoisotopic (exact) mass is 243 g/mol. The molecule has 3 atom stereocenters. The summed E-state index contributed by atoms with van der Waals surface area (Å²) in [6.45, 7) is 14.6. The molecule has 96 valence electrons. The van der Waals surface area contributed by atoms with Crippen molar-refractivity contribution in [3.63, 3.8) is 0 Å². The van der Waals surface area contributed by atoms with E-state index in [0.717, 1.165) is 5.92 Å². The molecule has 0 radical (unpaired) electrons. The van der Waals surface area contributed by atoms with Crippen LogP contribution < -0.4 is 5.09 Å². The van der Waals surface area contributed by atoms with Crippen LogP contribution in [0.15, 0.2) is 23.3 Å². The van der Waals surface area contributed by atoms with Crippen molar-refractivity contribution in [3.8, 4) is 0 Å². The smallest absolute Gasteiger partial charge is 0.0379 e. The van der Waals surface area contributed by atoms with Crippen molar-refractivity contribution in [3.05, 3.63) is 23.3 Å². The number of hydrogen-bond acceptors (Lipinski definition) is 1. The van der Waals surface area contributed by atoms with Crippen LogP contribution in [0.2, 0.25) is 0 Å². The van der Waals surface area contributed by atoms with E-state index < -0.39 is 0 Å². The average molecular weight is 243 g/mol. The van der Waals surface area contributed by atoms with Gasteiger partial charge in [-0.15, -0.1) is 0 Å². The Morgan fingerprint density at radius 2 is 1.75 bits per heavy atom. The Hall–Kier alpha value is -0.130. The molecule has 0 aliphatic heterocycles. The molecule has 0 aromatic heterocycles. The minimum Gasteiger partial charge on any atom is -0.293 e. The minimum absolute atomic E-state index is 0.534. The quantitative estimate of drug-likeness (QED) is 0.692. The number of nitrogens with one attached hydrogen (secondary N) is 1. The highest BCUT2D eigenvalue weighted by atomic mass is 31.0. The minimum atomic E-state index is 0.534. The second-order valence-corrected chi connectivity index (χ2v) is 3.89. The van der Waals surface area contributed by atoms with Gasteiger partial charge in [0, 0.05) is 6.04 Å². The van der Waals surface area contributed by atoms with Crippen LogP contribution in [0.5, 0.6) is 0 Å². The lowest BCUT2D eigenvalue weighted by atomic mass is 10.0. The van der Waals surface area contributed by atoms with Crippen molar-refractivity contribution in [2.75, 3.05) is 0 Å². The summed E-state index contributed by atoms with van der Waals surface area (Å²) in [7, 11) is 2.62.